The van der Waals surface area contributed by atoms with E-state index in [1.807, 2.05) is 0 Å². The number of nitrogens with one attached hydrogen (secondary N) is 1. The minimum Gasteiger partial charge on any atom is -0.504 e. The van der Waals surface area contributed by atoms with Crippen LogP contribution in [0, 0.1) is 5.41 Å². The molecule has 2 heterocycles. The zero-order valence-corrected chi connectivity index (χ0v) is 14.4. The van der Waals surface area contributed by atoms with E-state index >= 15 is 0 Å². The predicted molar refractivity (Wildman–Crippen MR) is 86.6 cm³/mol. The summed E-state index contributed by atoms with van der Waals surface area (Å²) in [6.07, 6.45) is -1.09. The molecule has 1 saturated carbocycles. The monoisotopic (exact) mass is 380 g/mol. The fraction of sp³-hybridized carbons (Fsp3) is 0.647. The van der Waals surface area contributed by atoms with E-state index < -0.39 is 70.2 Å². The van der Waals surface area contributed by atoms with Crippen molar-refractivity contribution in [3.05, 3.63) is 11.8 Å². The lowest BCUT2D eigenvalue weighted by atomic mass is 9.50. The number of allylic oxidation sites excluding steroid dienone is 2. The number of carboxylic acids is 1. The molecule has 10 heteroatoms. The number of hydrogen-bond donors (Lipinski definition) is 5. The number of aliphatic hydroxyl groups is 2. The van der Waals surface area contributed by atoms with Gasteiger partial charge in [-0.05, 0) is 25.9 Å². The number of nitrogens with two attached hydrogens (primary N) is 1. The maximum absolute atomic E-state index is 13.1. The summed E-state index contributed by atoms with van der Waals surface area (Å²) in [5, 5.41) is 33.0. The standard InChI is InChI=1S/C17H20N2O8/c18-3-1-14(6-9(21)8(20)5-10(14)22)17-7-15(26,13(24)25)11(23)12-16(17,27-12)2-4-19-17/h5,12,19-20,26H,1-4,6-7,18H2,(H,24,25). The Morgan fingerprint density at radius 1 is 1.37 bits per heavy atom. The second-order valence-corrected chi connectivity index (χ2v) is 7.79. The molecule has 0 radical (unpaired) electrons. The molecule has 3 fully saturated rings. The molecule has 1 spiro atoms. The van der Waals surface area contributed by atoms with E-state index in [2.05, 4.69) is 5.32 Å². The number of carboxylic acid groups (broad SMARTS) is 1. The SMILES string of the molecule is NCCC1(C23CC(O)(C(=O)O)C(=O)C4OC42CCN3)CC(=O)C(O)=CC1=O. The first-order chi connectivity index (χ1) is 12.6. The van der Waals surface area contributed by atoms with Gasteiger partial charge in [0.05, 0.1) is 11.0 Å². The van der Waals surface area contributed by atoms with Gasteiger partial charge in [-0.15, -0.1) is 0 Å². The highest BCUT2D eigenvalue weighted by Gasteiger charge is 2.86. The summed E-state index contributed by atoms with van der Waals surface area (Å²) >= 11 is 0. The highest BCUT2D eigenvalue weighted by Crippen LogP contribution is 2.66. The number of ether oxygens (including phenoxy) is 1. The maximum Gasteiger partial charge on any atom is 0.343 e. The van der Waals surface area contributed by atoms with Crippen LogP contribution in [0.2, 0.25) is 0 Å². The number of Topliss-reactive ketones (excluding diaryl/α,β-unsaturated/α-hetero) is 2. The van der Waals surface area contributed by atoms with Crippen molar-refractivity contribution >= 4 is 23.3 Å². The Bertz CT molecular complexity index is 824. The van der Waals surface area contributed by atoms with E-state index in [-0.39, 0.29) is 13.0 Å². The van der Waals surface area contributed by atoms with Crippen molar-refractivity contribution in [2.24, 2.45) is 11.1 Å². The van der Waals surface area contributed by atoms with Gasteiger partial charge in [-0.25, -0.2) is 4.79 Å². The van der Waals surface area contributed by atoms with Crippen LogP contribution in [0.15, 0.2) is 11.8 Å². The third-order valence-electron chi connectivity index (χ3n) is 6.74. The van der Waals surface area contributed by atoms with Gasteiger partial charge in [0.2, 0.25) is 11.4 Å². The molecular weight excluding hydrogens is 360 g/mol. The normalized spacial score (nSPS) is 45.9. The van der Waals surface area contributed by atoms with Crippen LogP contribution in [0.3, 0.4) is 0 Å². The molecule has 0 aromatic heterocycles. The molecule has 0 amide bonds. The van der Waals surface area contributed by atoms with E-state index in [9.17, 15) is 34.5 Å². The van der Waals surface area contributed by atoms with Gasteiger partial charge in [0.1, 0.15) is 5.60 Å². The van der Waals surface area contributed by atoms with Crippen molar-refractivity contribution < 1.29 is 39.2 Å². The van der Waals surface area contributed by atoms with Crippen LogP contribution in [-0.4, -0.2) is 74.6 Å². The van der Waals surface area contributed by atoms with Gasteiger partial charge >= 0.3 is 5.97 Å². The summed E-state index contributed by atoms with van der Waals surface area (Å²) in [4.78, 5) is 49.7. The average Bonchev–Trinajstić information content (AvgIpc) is 3.22. The van der Waals surface area contributed by atoms with Gasteiger partial charge in [0.15, 0.2) is 23.4 Å². The Morgan fingerprint density at radius 2 is 2.07 bits per heavy atom. The smallest absolute Gasteiger partial charge is 0.343 e. The van der Waals surface area contributed by atoms with Crippen molar-refractivity contribution in [3.8, 4) is 0 Å². The van der Waals surface area contributed by atoms with Crippen molar-refractivity contribution in [1.82, 2.24) is 5.32 Å². The molecule has 2 saturated heterocycles. The van der Waals surface area contributed by atoms with E-state index in [4.69, 9.17) is 10.5 Å². The second-order valence-electron chi connectivity index (χ2n) is 7.79. The van der Waals surface area contributed by atoms with Crippen LogP contribution >= 0.6 is 0 Å². The fourth-order valence-electron chi connectivity index (χ4n) is 5.43. The summed E-state index contributed by atoms with van der Waals surface area (Å²) in [5.41, 5.74) is -1.23. The van der Waals surface area contributed by atoms with Crippen molar-refractivity contribution in [2.45, 2.75) is 48.5 Å². The molecule has 0 bridgehead atoms. The van der Waals surface area contributed by atoms with Crippen LogP contribution in [0.1, 0.15) is 25.7 Å². The van der Waals surface area contributed by atoms with Gasteiger partial charge in [-0.1, -0.05) is 0 Å². The fourth-order valence-corrected chi connectivity index (χ4v) is 5.43. The minimum atomic E-state index is -2.75. The van der Waals surface area contributed by atoms with E-state index in [1.165, 1.54) is 0 Å². The Kier molecular flexibility index (Phi) is 3.53. The Morgan fingerprint density at radius 3 is 2.70 bits per heavy atom. The summed E-state index contributed by atoms with van der Waals surface area (Å²) in [5.74, 6) is -4.65. The summed E-state index contributed by atoms with van der Waals surface area (Å²) in [6.45, 7) is 0.306. The molecule has 4 rings (SSSR count). The first kappa shape index (κ1) is 18.2. The summed E-state index contributed by atoms with van der Waals surface area (Å²) in [7, 11) is 0. The number of aliphatic hydroxyl groups excluding tert-OH is 1. The van der Waals surface area contributed by atoms with Gasteiger partial charge in [0.25, 0.3) is 0 Å². The summed E-state index contributed by atoms with van der Waals surface area (Å²) in [6, 6.07) is 0. The molecule has 146 valence electrons. The van der Waals surface area contributed by atoms with E-state index in [0.29, 0.717) is 13.0 Å². The number of ketones is 3. The molecule has 5 unspecified atom stereocenters. The second kappa shape index (κ2) is 5.22. The molecule has 2 aliphatic heterocycles. The number of aliphatic carboxylic acids is 1. The van der Waals surface area contributed by atoms with Gasteiger partial charge in [-0.2, -0.15) is 0 Å². The van der Waals surface area contributed by atoms with Gasteiger partial charge < -0.3 is 31.1 Å². The van der Waals surface area contributed by atoms with E-state index in [1.54, 1.807) is 0 Å². The minimum absolute atomic E-state index is 0.00273. The highest BCUT2D eigenvalue weighted by molar-refractivity contribution is 6.14. The molecule has 10 nitrogen and oxygen atoms in total. The van der Waals surface area contributed by atoms with Crippen molar-refractivity contribution in [2.75, 3.05) is 13.1 Å². The first-order valence-electron chi connectivity index (χ1n) is 8.71. The first-order valence-corrected chi connectivity index (χ1v) is 8.71. The number of rotatable bonds is 4. The van der Waals surface area contributed by atoms with Crippen LogP contribution in [0.4, 0.5) is 0 Å². The highest BCUT2D eigenvalue weighted by atomic mass is 16.6. The largest absolute Gasteiger partial charge is 0.504 e. The maximum atomic E-state index is 13.1. The average molecular weight is 380 g/mol. The molecule has 6 N–H and O–H groups in total. The molecule has 0 aromatic carbocycles. The third kappa shape index (κ3) is 1.88. The van der Waals surface area contributed by atoms with Crippen LogP contribution in [0.5, 0.6) is 0 Å². The molecule has 5 atom stereocenters. The number of hydrogen-bond acceptors (Lipinski definition) is 9. The molecule has 0 aromatic rings. The van der Waals surface area contributed by atoms with Crippen molar-refractivity contribution in [1.29, 1.82) is 0 Å². The lowest BCUT2D eigenvalue weighted by molar-refractivity contribution is -0.175. The van der Waals surface area contributed by atoms with Crippen molar-refractivity contribution in [3.63, 3.8) is 0 Å². The quantitative estimate of drug-likeness (QED) is 0.269. The third-order valence-corrected chi connectivity index (χ3v) is 6.74. The zero-order valence-electron chi connectivity index (χ0n) is 14.4. The number of epoxide rings is 1. The van der Waals surface area contributed by atoms with E-state index in [0.717, 1.165) is 6.08 Å². The summed E-state index contributed by atoms with van der Waals surface area (Å²) < 4.78 is 5.66. The molecule has 27 heavy (non-hydrogen) atoms. The van der Waals surface area contributed by atoms with Crippen LogP contribution < -0.4 is 11.1 Å². The molecular formula is C17H20N2O8. The molecule has 2 aliphatic carbocycles. The zero-order chi connectivity index (χ0) is 19.8. The topological polar surface area (TPSA) is 180 Å². The van der Waals surface area contributed by atoms with Gasteiger partial charge in [-0.3, -0.25) is 14.4 Å². The number of carbonyl (C=O) groups is 4. The Labute approximate surface area is 153 Å². The lowest BCUT2D eigenvalue weighted by Crippen LogP contribution is -2.74. The lowest BCUT2D eigenvalue weighted by Gasteiger charge is -2.53. The van der Waals surface area contributed by atoms with Crippen LogP contribution in [-0.2, 0) is 23.9 Å². The Hall–Kier alpha value is -2.14. The predicted octanol–water partition coefficient (Wildman–Crippen LogP) is -2.04. The Balaban J connectivity index is 1.94. The molecule has 4 aliphatic rings. The number of carbonyl (C=O) groups excluding carboxylic acids is 3. The van der Waals surface area contributed by atoms with Gasteiger partial charge in [0, 0.05) is 18.9 Å². The van der Waals surface area contributed by atoms with Crippen LogP contribution in [0.25, 0.3) is 0 Å².